The first-order chi connectivity index (χ1) is 6.31. The number of pyridine rings is 1. The summed E-state index contributed by atoms with van der Waals surface area (Å²) in [6, 6.07) is 8.85. The quantitative estimate of drug-likeness (QED) is 0.513. The van der Waals surface area contributed by atoms with E-state index in [0.29, 0.717) is 10.7 Å². The van der Waals surface area contributed by atoms with E-state index in [9.17, 15) is 4.79 Å². The van der Waals surface area contributed by atoms with Crippen LogP contribution in [0.2, 0.25) is 5.15 Å². The molecule has 0 aliphatic heterocycles. The van der Waals surface area contributed by atoms with Gasteiger partial charge in [-0.1, -0.05) is 23.7 Å². The second-order valence-corrected chi connectivity index (χ2v) is 3.05. The number of hydrogen-bond acceptors (Lipinski definition) is 2. The highest BCUT2D eigenvalue weighted by Crippen LogP contribution is 2.17. The largest absolute Gasteiger partial charge is 0.298 e. The van der Waals surface area contributed by atoms with Gasteiger partial charge in [0.15, 0.2) is 6.29 Å². The second kappa shape index (κ2) is 3.15. The molecule has 0 fully saturated rings. The molecular formula is C10H6ClNO. The average molecular weight is 192 g/mol. The van der Waals surface area contributed by atoms with Gasteiger partial charge in [-0.25, -0.2) is 4.98 Å². The Balaban J connectivity index is 2.84. The smallest absolute Gasteiger partial charge is 0.150 e. The topological polar surface area (TPSA) is 30.0 Å². The first-order valence-electron chi connectivity index (χ1n) is 3.82. The molecule has 3 heteroatoms. The maximum atomic E-state index is 10.6. The van der Waals surface area contributed by atoms with E-state index in [1.807, 2.05) is 6.07 Å². The monoisotopic (exact) mass is 191 g/mol. The van der Waals surface area contributed by atoms with Gasteiger partial charge in [0.1, 0.15) is 5.15 Å². The molecule has 1 aromatic carbocycles. The molecule has 2 aromatic rings. The van der Waals surface area contributed by atoms with Crippen LogP contribution in [0, 0.1) is 0 Å². The van der Waals surface area contributed by atoms with Crippen molar-refractivity contribution >= 4 is 28.8 Å². The van der Waals surface area contributed by atoms with Crippen molar-refractivity contribution in [3.05, 3.63) is 41.0 Å². The fraction of sp³-hybridized carbons (Fsp3) is 0. The summed E-state index contributed by atoms with van der Waals surface area (Å²) in [5, 5.41) is 1.28. The van der Waals surface area contributed by atoms with E-state index in [1.54, 1.807) is 24.3 Å². The molecule has 0 bridgehead atoms. The van der Waals surface area contributed by atoms with E-state index in [-0.39, 0.29) is 0 Å². The summed E-state index contributed by atoms with van der Waals surface area (Å²) in [5.74, 6) is 0. The van der Waals surface area contributed by atoms with E-state index in [4.69, 9.17) is 11.6 Å². The zero-order valence-electron chi connectivity index (χ0n) is 6.70. The Bertz CT molecular complexity index is 467. The van der Waals surface area contributed by atoms with Crippen molar-refractivity contribution in [2.24, 2.45) is 0 Å². The Labute approximate surface area is 80.2 Å². The molecule has 0 saturated carbocycles. The van der Waals surface area contributed by atoms with Crippen molar-refractivity contribution in [2.75, 3.05) is 0 Å². The van der Waals surface area contributed by atoms with Crippen LogP contribution in [-0.4, -0.2) is 11.3 Å². The molecule has 0 spiro atoms. The summed E-state index contributed by atoms with van der Waals surface area (Å²) in [6.07, 6.45) is 0.817. The summed E-state index contributed by atoms with van der Waals surface area (Å²) in [5.41, 5.74) is 1.39. The second-order valence-electron chi connectivity index (χ2n) is 2.67. The minimum Gasteiger partial charge on any atom is -0.298 e. The third-order valence-corrected chi connectivity index (χ3v) is 2.07. The van der Waals surface area contributed by atoms with Crippen LogP contribution in [0.4, 0.5) is 0 Å². The number of benzene rings is 1. The van der Waals surface area contributed by atoms with Gasteiger partial charge in [-0.2, -0.15) is 0 Å². The van der Waals surface area contributed by atoms with Gasteiger partial charge >= 0.3 is 0 Å². The Morgan fingerprint density at radius 1 is 1.23 bits per heavy atom. The number of nitrogens with zero attached hydrogens (tertiary/aromatic N) is 1. The zero-order valence-corrected chi connectivity index (χ0v) is 7.45. The van der Waals surface area contributed by atoms with E-state index in [2.05, 4.69) is 4.98 Å². The predicted octanol–water partition coefficient (Wildman–Crippen LogP) is 2.70. The number of hydrogen-bond donors (Lipinski definition) is 0. The average Bonchev–Trinajstić information content (AvgIpc) is 2.16. The molecule has 2 rings (SSSR count). The Hall–Kier alpha value is -1.41. The Morgan fingerprint density at radius 2 is 2.08 bits per heavy atom. The summed E-state index contributed by atoms with van der Waals surface area (Å²) in [7, 11) is 0. The lowest BCUT2D eigenvalue weighted by Crippen LogP contribution is -1.85. The van der Waals surface area contributed by atoms with Crippen molar-refractivity contribution in [1.29, 1.82) is 0 Å². The molecule has 0 amide bonds. The Kier molecular flexibility index (Phi) is 1.99. The van der Waals surface area contributed by atoms with Crippen LogP contribution in [0.15, 0.2) is 30.3 Å². The molecule has 0 N–H and O–H groups in total. The normalized spacial score (nSPS) is 10.2. The summed E-state index contributed by atoms with van der Waals surface area (Å²) in [6.45, 7) is 0. The van der Waals surface area contributed by atoms with Gasteiger partial charge in [0.05, 0.1) is 5.52 Å². The first kappa shape index (κ1) is 8.20. The first-order valence-corrected chi connectivity index (χ1v) is 4.19. The van der Waals surface area contributed by atoms with Gasteiger partial charge < -0.3 is 0 Å². The highest BCUT2D eigenvalue weighted by atomic mass is 35.5. The lowest BCUT2D eigenvalue weighted by atomic mass is 10.1. The molecule has 1 aromatic heterocycles. The van der Waals surface area contributed by atoms with Gasteiger partial charge in [-0.05, 0) is 18.2 Å². The number of fused-ring (bicyclic) bond motifs is 1. The third kappa shape index (κ3) is 1.40. The lowest BCUT2D eigenvalue weighted by Gasteiger charge is -1.99. The maximum Gasteiger partial charge on any atom is 0.150 e. The summed E-state index contributed by atoms with van der Waals surface area (Å²) >= 11 is 5.71. The van der Waals surface area contributed by atoms with Gasteiger partial charge in [0, 0.05) is 10.9 Å². The van der Waals surface area contributed by atoms with Crippen LogP contribution in [0.5, 0.6) is 0 Å². The highest BCUT2D eigenvalue weighted by Gasteiger charge is 2.00. The van der Waals surface area contributed by atoms with E-state index < -0.39 is 0 Å². The molecule has 0 atom stereocenters. The fourth-order valence-corrected chi connectivity index (χ4v) is 1.41. The molecule has 1 heterocycles. The lowest BCUT2D eigenvalue weighted by molar-refractivity contribution is 0.112. The molecule has 0 radical (unpaired) electrons. The standard InChI is InChI=1S/C10H6ClNO/c11-10-5-4-8-7(6-13)2-1-3-9(8)12-10/h1-6H. The van der Waals surface area contributed by atoms with Crippen molar-refractivity contribution in [2.45, 2.75) is 0 Å². The summed E-state index contributed by atoms with van der Waals surface area (Å²) < 4.78 is 0. The van der Waals surface area contributed by atoms with Crippen LogP contribution in [0.1, 0.15) is 10.4 Å². The van der Waals surface area contributed by atoms with Gasteiger partial charge in [-0.3, -0.25) is 4.79 Å². The van der Waals surface area contributed by atoms with Gasteiger partial charge in [0.25, 0.3) is 0 Å². The number of rotatable bonds is 1. The molecule has 0 saturated heterocycles. The van der Waals surface area contributed by atoms with Gasteiger partial charge in [-0.15, -0.1) is 0 Å². The van der Waals surface area contributed by atoms with Crippen molar-refractivity contribution in [3.63, 3.8) is 0 Å². The van der Waals surface area contributed by atoms with Crippen LogP contribution in [0.25, 0.3) is 10.9 Å². The molecule has 0 aliphatic carbocycles. The zero-order chi connectivity index (χ0) is 9.26. The minimum absolute atomic E-state index is 0.440. The summed E-state index contributed by atoms with van der Waals surface area (Å²) in [4.78, 5) is 14.7. The predicted molar refractivity (Wildman–Crippen MR) is 52.1 cm³/mol. The molecular weight excluding hydrogens is 186 g/mol. The number of carbonyl (C=O) groups is 1. The van der Waals surface area contributed by atoms with Crippen LogP contribution in [-0.2, 0) is 0 Å². The number of aldehydes is 1. The molecule has 0 aliphatic rings. The van der Waals surface area contributed by atoms with Gasteiger partial charge in [0.2, 0.25) is 0 Å². The van der Waals surface area contributed by atoms with E-state index in [0.717, 1.165) is 17.2 Å². The van der Waals surface area contributed by atoms with Crippen LogP contribution < -0.4 is 0 Å². The van der Waals surface area contributed by atoms with Crippen molar-refractivity contribution in [3.8, 4) is 0 Å². The van der Waals surface area contributed by atoms with Crippen molar-refractivity contribution in [1.82, 2.24) is 4.98 Å². The minimum atomic E-state index is 0.440. The fourth-order valence-electron chi connectivity index (χ4n) is 1.26. The molecule has 64 valence electrons. The maximum absolute atomic E-state index is 10.6. The number of halogens is 1. The number of carbonyl (C=O) groups excluding carboxylic acids is 1. The molecule has 13 heavy (non-hydrogen) atoms. The van der Waals surface area contributed by atoms with Crippen LogP contribution in [0.3, 0.4) is 0 Å². The SMILES string of the molecule is O=Cc1cccc2nc(Cl)ccc12. The number of aromatic nitrogens is 1. The van der Waals surface area contributed by atoms with E-state index >= 15 is 0 Å². The Morgan fingerprint density at radius 3 is 2.85 bits per heavy atom. The van der Waals surface area contributed by atoms with E-state index in [1.165, 1.54) is 0 Å². The van der Waals surface area contributed by atoms with Crippen molar-refractivity contribution < 1.29 is 4.79 Å². The van der Waals surface area contributed by atoms with Crippen LogP contribution >= 0.6 is 11.6 Å². The molecule has 0 unspecified atom stereocenters. The highest BCUT2D eigenvalue weighted by molar-refractivity contribution is 6.29. The molecule has 2 nitrogen and oxygen atoms in total. The third-order valence-electron chi connectivity index (χ3n) is 1.86.